The van der Waals surface area contributed by atoms with E-state index >= 15 is 0 Å². The maximum atomic E-state index is 13.1. The topological polar surface area (TPSA) is 148 Å². The van der Waals surface area contributed by atoms with Crippen LogP contribution in [-0.4, -0.2) is 32.1 Å². The second-order valence-electron chi connectivity index (χ2n) is 7.14. The smallest absolute Gasteiger partial charge is 0.363 e. The van der Waals surface area contributed by atoms with E-state index in [4.69, 9.17) is 9.05 Å². The molecule has 0 aliphatic carbocycles. The fraction of sp³-hybridized carbons (Fsp3) is 0.143. The highest BCUT2D eigenvalue weighted by atomic mass is 19.4. The fourth-order valence-corrected chi connectivity index (χ4v) is 2.92. The van der Waals surface area contributed by atoms with Gasteiger partial charge < -0.3 is 25.0 Å². The molecule has 4 rings (SSSR count). The van der Waals surface area contributed by atoms with E-state index in [2.05, 4.69) is 36.2 Å². The van der Waals surface area contributed by atoms with Gasteiger partial charge in [-0.1, -0.05) is 16.4 Å². The molecule has 0 saturated heterocycles. The lowest BCUT2D eigenvalue weighted by Gasteiger charge is -2.12. The summed E-state index contributed by atoms with van der Waals surface area (Å²) in [6, 6.07) is 7.63. The van der Waals surface area contributed by atoms with E-state index in [1.807, 2.05) is 0 Å². The number of amides is 2. The molecule has 14 heteroatoms. The van der Waals surface area contributed by atoms with Crippen molar-refractivity contribution >= 4 is 29.1 Å². The van der Waals surface area contributed by atoms with Crippen LogP contribution in [0.4, 0.5) is 30.5 Å². The average Bonchev–Trinajstić information content (AvgIpc) is 3.50. The van der Waals surface area contributed by atoms with Crippen LogP contribution in [0.5, 0.6) is 0 Å². The number of rotatable bonds is 7. The summed E-state index contributed by atoms with van der Waals surface area (Å²) in [5.74, 6) is -0.896. The Balaban J connectivity index is 1.35. The Morgan fingerprint density at radius 2 is 1.83 bits per heavy atom. The number of nitrogens with zero attached hydrogens (tertiary/aromatic N) is 4. The molecule has 11 nitrogen and oxygen atoms in total. The van der Waals surface area contributed by atoms with Gasteiger partial charge in [-0.25, -0.2) is 9.97 Å². The van der Waals surface area contributed by atoms with Crippen molar-refractivity contribution in [3.63, 3.8) is 0 Å². The van der Waals surface area contributed by atoms with E-state index < -0.39 is 23.6 Å². The normalized spacial score (nSPS) is 11.2. The summed E-state index contributed by atoms with van der Waals surface area (Å²) in [6.45, 7) is 1.22. The van der Waals surface area contributed by atoms with Gasteiger partial charge in [0, 0.05) is 23.9 Å². The van der Waals surface area contributed by atoms with Crippen molar-refractivity contribution in [2.45, 2.75) is 19.6 Å². The fourth-order valence-electron chi connectivity index (χ4n) is 2.92. The summed E-state index contributed by atoms with van der Waals surface area (Å²) in [6.07, 6.45) is -2.01. The first-order chi connectivity index (χ1) is 16.7. The van der Waals surface area contributed by atoms with Crippen LogP contribution in [0.2, 0.25) is 0 Å². The Morgan fingerprint density at radius 1 is 1.00 bits per heavy atom. The van der Waals surface area contributed by atoms with Crippen LogP contribution in [0, 0.1) is 6.92 Å². The third-order valence-corrected chi connectivity index (χ3v) is 4.61. The molecular formula is C21H16F3N7O4. The van der Waals surface area contributed by atoms with Gasteiger partial charge in [0.25, 0.3) is 11.8 Å². The van der Waals surface area contributed by atoms with Gasteiger partial charge in [0.15, 0.2) is 5.82 Å². The van der Waals surface area contributed by atoms with Crippen molar-refractivity contribution in [2.75, 3.05) is 10.6 Å². The molecule has 0 fully saturated rings. The Hall–Kier alpha value is -4.75. The van der Waals surface area contributed by atoms with Crippen molar-refractivity contribution < 1.29 is 31.8 Å². The van der Waals surface area contributed by atoms with Crippen molar-refractivity contribution in [1.29, 1.82) is 0 Å². The summed E-state index contributed by atoms with van der Waals surface area (Å²) in [7, 11) is 0. The van der Waals surface area contributed by atoms with Crippen molar-refractivity contribution in [1.82, 2.24) is 25.6 Å². The summed E-state index contributed by atoms with van der Waals surface area (Å²) in [5, 5.41) is 15.1. The minimum absolute atomic E-state index is 0.0259. The highest BCUT2D eigenvalue weighted by molar-refractivity contribution is 6.02. The number of nitrogens with one attached hydrogen (secondary N) is 3. The SMILES string of the molecule is Cc1ccc(NC(=O)c2cc(CNC(=O)c3cc(Nc4ccon4)ncn3)no2)cc1C(F)(F)F. The number of benzene rings is 1. The Morgan fingerprint density at radius 3 is 2.57 bits per heavy atom. The third-order valence-electron chi connectivity index (χ3n) is 4.61. The molecule has 0 unspecified atom stereocenters. The standard InChI is InChI=1S/C21H16F3N7O4/c1-11-2-3-12(6-14(11)21(22,23)24)28-20(33)16-7-13(30-35-16)9-25-19(32)15-8-18(27-10-26-15)29-17-4-5-34-31-17/h2-8,10H,9H2,1H3,(H,25,32)(H,28,33)(H,26,27,29,31). The van der Waals surface area contributed by atoms with Crippen LogP contribution < -0.4 is 16.0 Å². The molecule has 0 saturated carbocycles. The Bertz CT molecular complexity index is 1350. The minimum Gasteiger partial charge on any atom is -0.363 e. The van der Waals surface area contributed by atoms with Gasteiger partial charge in [-0.2, -0.15) is 13.2 Å². The van der Waals surface area contributed by atoms with Gasteiger partial charge in [-0.15, -0.1) is 0 Å². The molecule has 4 aromatic rings. The Labute approximate surface area is 194 Å². The highest BCUT2D eigenvalue weighted by Crippen LogP contribution is 2.33. The molecule has 1 aromatic carbocycles. The lowest BCUT2D eigenvalue weighted by molar-refractivity contribution is -0.138. The predicted molar refractivity (Wildman–Crippen MR) is 114 cm³/mol. The van der Waals surface area contributed by atoms with Crippen molar-refractivity contribution in [3.8, 4) is 0 Å². The second-order valence-corrected chi connectivity index (χ2v) is 7.14. The maximum Gasteiger partial charge on any atom is 0.416 e. The average molecular weight is 487 g/mol. The number of carbonyl (C=O) groups excluding carboxylic acids is 2. The summed E-state index contributed by atoms with van der Waals surface area (Å²) >= 11 is 0. The molecule has 2 amide bonds. The summed E-state index contributed by atoms with van der Waals surface area (Å²) in [5.41, 5.74) is -0.637. The summed E-state index contributed by atoms with van der Waals surface area (Å²) in [4.78, 5) is 32.6. The zero-order valence-corrected chi connectivity index (χ0v) is 17.9. The van der Waals surface area contributed by atoms with Crippen LogP contribution in [0.1, 0.15) is 37.9 Å². The Kier molecular flexibility index (Phi) is 6.44. The van der Waals surface area contributed by atoms with Gasteiger partial charge in [-0.05, 0) is 24.6 Å². The van der Waals surface area contributed by atoms with Gasteiger partial charge in [0.2, 0.25) is 5.76 Å². The largest absolute Gasteiger partial charge is 0.416 e. The number of aromatic nitrogens is 4. The second kappa shape index (κ2) is 9.62. The van der Waals surface area contributed by atoms with Gasteiger partial charge in [-0.3, -0.25) is 9.59 Å². The predicted octanol–water partition coefficient (Wildman–Crippen LogP) is 3.71. The lowest BCUT2D eigenvalue weighted by Crippen LogP contribution is -2.24. The van der Waals surface area contributed by atoms with E-state index in [0.717, 1.165) is 6.07 Å². The quantitative estimate of drug-likeness (QED) is 0.355. The van der Waals surface area contributed by atoms with Gasteiger partial charge in [0.1, 0.15) is 29.8 Å². The van der Waals surface area contributed by atoms with Gasteiger partial charge in [0.05, 0.1) is 12.1 Å². The third kappa shape index (κ3) is 5.79. The molecule has 3 heterocycles. The number of anilines is 3. The molecule has 3 N–H and O–H groups in total. The van der Waals surface area contributed by atoms with E-state index in [-0.39, 0.29) is 34.9 Å². The van der Waals surface area contributed by atoms with E-state index in [0.29, 0.717) is 11.6 Å². The number of carbonyl (C=O) groups is 2. The molecule has 0 bridgehead atoms. The van der Waals surface area contributed by atoms with Crippen molar-refractivity contribution in [3.05, 3.63) is 77.3 Å². The summed E-state index contributed by atoms with van der Waals surface area (Å²) < 4.78 is 48.9. The lowest BCUT2D eigenvalue weighted by atomic mass is 10.1. The minimum atomic E-state index is -4.56. The first-order valence-corrected chi connectivity index (χ1v) is 9.91. The molecular weight excluding hydrogens is 471 g/mol. The first kappa shape index (κ1) is 23.4. The van der Waals surface area contributed by atoms with E-state index in [9.17, 15) is 22.8 Å². The molecule has 180 valence electrons. The van der Waals surface area contributed by atoms with Crippen LogP contribution >= 0.6 is 0 Å². The number of alkyl halides is 3. The highest BCUT2D eigenvalue weighted by Gasteiger charge is 2.32. The maximum absolute atomic E-state index is 13.1. The number of halogens is 3. The number of hydrogen-bond acceptors (Lipinski definition) is 9. The molecule has 0 aliphatic heterocycles. The van der Waals surface area contributed by atoms with Crippen LogP contribution in [-0.2, 0) is 12.7 Å². The van der Waals surface area contributed by atoms with Crippen LogP contribution in [0.15, 0.2) is 58.0 Å². The van der Waals surface area contributed by atoms with Crippen LogP contribution in [0.3, 0.4) is 0 Å². The number of aryl methyl sites for hydroxylation is 1. The molecule has 0 spiro atoms. The zero-order chi connectivity index (χ0) is 25.0. The molecule has 0 aliphatic rings. The molecule has 3 aromatic heterocycles. The molecule has 35 heavy (non-hydrogen) atoms. The molecule has 0 radical (unpaired) electrons. The molecule has 0 atom stereocenters. The van der Waals surface area contributed by atoms with E-state index in [1.54, 1.807) is 6.07 Å². The van der Waals surface area contributed by atoms with Crippen LogP contribution in [0.25, 0.3) is 0 Å². The zero-order valence-electron chi connectivity index (χ0n) is 17.9. The van der Waals surface area contributed by atoms with Gasteiger partial charge >= 0.3 is 6.18 Å². The van der Waals surface area contributed by atoms with Crippen molar-refractivity contribution in [2.24, 2.45) is 0 Å². The first-order valence-electron chi connectivity index (χ1n) is 9.91. The van der Waals surface area contributed by atoms with E-state index in [1.165, 1.54) is 43.8 Å². The number of hydrogen-bond donors (Lipinski definition) is 3. The monoisotopic (exact) mass is 487 g/mol.